The van der Waals surface area contributed by atoms with Crippen molar-refractivity contribution in [2.24, 2.45) is 4.99 Å². The third kappa shape index (κ3) is 14.2. The summed E-state index contributed by atoms with van der Waals surface area (Å²) in [5, 5.41) is 8.62. The second-order valence-electron chi connectivity index (χ2n) is 8.20. The van der Waals surface area contributed by atoms with Crippen molar-refractivity contribution in [3.63, 3.8) is 0 Å². The number of allylic oxidation sites excluding steroid dienone is 7. The Morgan fingerprint density at radius 1 is 1.17 bits per heavy atom. The molecule has 1 atom stereocenters. The van der Waals surface area contributed by atoms with Crippen molar-refractivity contribution in [2.75, 3.05) is 38.2 Å². The lowest BCUT2D eigenvalue weighted by Gasteiger charge is -2.21. The van der Waals surface area contributed by atoms with Crippen molar-refractivity contribution in [3.05, 3.63) is 83.5 Å². The van der Waals surface area contributed by atoms with Crippen molar-refractivity contribution in [1.82, 2.24) is 0 Å². The van der Waals surface area contributed by atoms with Crippen LogP contribution >= 0.6 is 10.0 Å². The van der Waals surface area contributed by atoms with Crippen LogP contribution in [0.4, 0.5) is 0 Å². The molecule has 0 radical (unpaired) electrons. The van der Waals surface area contributed by atoms with E-state index in [1.807, 2.05) is 25.2 Å². The van der Waals surface area contributed by atoms with Crippen LogP contribution in [0.2, 0.25) is 0 Å². The molecule has 1 unspecified atom stereocenters. The van der Waals surface area contributed by atoms with E-state index in [9.17, 15) is 0 Å². The van der Waals surface area contributed by atoms with Crippen LogP contribution in [-0.4, -0.2) is 49.0 Å². The fraction of sp³-hybridized carbons (Fsp3) is 0.444. The highest BCUT2D eigenvalue weighted by Gasteiger charge is 2.08. The Bertz CT molecular complexity index is 737. The molecule has 1 aliphatic carbocycles. The first-order valence-corrected chi connectivity index (χ1v) is 13.6. The van der Waals surface area contributed by atoms with Gasteiger partial charge in [-0.2, -0.15) is 0 Å². The zero-order chi connectivity index (χ0) is 23.0. The molecule has 0 saturated carbocycles. The van der Waals surface area contributed by atoms with E-state index >= 15 is 0 Å². The summed E-state index contributed by atoms with van der Waals surface area (Å²) in [5.74, 6) is 1.94. The van der Waals surface area contributed by atoms with Gasteiger partial charge in [-0.1, -0.05) is 78.8 Å². The van der Waals surface area contributed by atoms with E-state index in [-0.39, 0.29) is 18.1 Å². The number of aliphatic hydroxyl groups excluding tert-OH is 1. The third-order valence-corrected chi connectivity index (χ3v) is 6.43. The Morgan fingerprint density at radius 3 is 2.17 bits per heavy atom. The van der Waals surface area contributed by atoms with Crippen LogP contribution in [0, 0.1) is 6.92 Å². The SMILES string of the molecule is C/C=C/C=C\C(CO)=NC.CC1=CCC(c2ccc(C)cc2)C=C1.CCS(C)(C)C.[HH]. The van der Waals surface area contributed by atoms with Crippen LogP contribution in [-0.2, 0) is 0 Å². The van der Waals surface area contributed by atoms with Gasteiger partial charge in [-0.05, 0) is 63.4 Å². The fourth-order valence-electron chi connectivity index (χ4n) is 2.26. The lowest BCUT2D eigenvalue weighted by molar-refractivity contribution is 0.358. The molecule has 0 saturated heterocycles. The molecule has 1 aromatic rings. The zero-order valence-electron chi connectivity index (χ0n) is 20.4. The molecule has 3 heteroatoms. The second-order valence-corrected chi connectivity index (χ2v) is 13.0. The molecule has 0 spiro atoms. The molecule has 30 heavy (non-hydrogen) atoms. The van der Waals surface area contributed by atoms with Crippen LogP contribution < -0.4 is 0 Å². The van der Waals surface area contributed by atoms with Gasteiger partial charge in [-0.3, -0.25) is 4.99 Å². The Kier molecular flexibility index (Phi) is 15.0. The van der Waals surface area contributed by atoms with E-state index in [1.54, 1.807) is 13.1 Å². The summed E-state index contributed by atoms with van der Waals surface area (Å²) in [6.07, 6.45) is 22.4. The van der Waals surface area contributed by atoms with Gasteiger partial charge in [0.15, 0.2) is 0 Å². The molecule has 2 nitrogen and oxygen atoms in total. The van der Waals surface area contributed by atoms with E-state index in [1.165, 1.54) is 22.5 Å². The van der Waals surface area contributed by atoms with Gasteiger partial charge in [-0.15, -0.1) is 0 Å². The van der Waals surface area contributed by atoms with Crippen LogP contribution in [0.25, 0.3) is 0 Å². The lowest BCUT2D eigenvalue weighted by atomic mass is 9.90. The van der Waals surface area contributed by atoms with E-state index in [0.29, 0.717) is 11.6 Å². The van der Waals surface area contributed by atoms with E-state index in [0.717, 1.165) is 6.42 Å². The minimum atomic E-state index is -0.162. The molecule has 0 aliphatic heterocycles. The van der Waals surface area contributed by atoms with Gasteiger partial charge < -0.3 is 5.11 Å². The molecular formula is C27H45NOS. The number of nitrogens with zero attached hydrogens (tertiary/aromatic N) is 1. The smallest absolute Gasteiger partial charge is 0.0848 e. The number of aliphatic hydroxyl groups is 1. The number of hydrogen-bond donors (Lipinski definition) is 1. The normalized spacial score (nSPS) is 17.2. The molecule has 0 fully saturated rings. The first kappa shape index (κ1) is 28.2. The maximum absolute atomic E-state index is 8.62. The highest BCUT2D eigenvalue weighted by atomic mass is 32.3. The third-order valence-electron chi connectivity index (χ3n) is 4.70. The summed E-state index contributed by atoms with van der Waals surface area (Å²) in [4.78, 5) is 3.82. The van der Waals surface area contributed by atoms with Gasteiger partial charge in [0.2, 0.25) is 0 Å². The summed E-state index contributed by atoms with van der Waals surface area (Å²) in [7, 11) is 1.50. The van der Waals surface area contributed by atoms with Gasteiger partial charge in [0.05, 0.1) is 12.3 Å². The van der Waals surface area contributed by atoms with Crippen molar-refractivity contribution in [3.8, 4) is 0 Å². The predicted octanol–water partition coefficient (Wildman–Crippen LogP) is 7.11. The lowest BCUT2D eigenvalue weighted by Crippen LogP contribution is -1.98. The Labute approximate surface area is 189 Å². The Hall–Kier alpha value is -1.84. The molecular weight excluding hydrogens is 386 g/mol. The van der Waals surface area contributed by atoms with Crippen LogP contribution in [0.1, 0.15) is 45.7 Å². The zero-order valence-corrected chi connectivity index (χ0v) is 21.2. The molecule has 0 heterocycles. The van der Waals surface area contributed by atoms with Crippen LogP contribution in [0.5, 0.6) is 0 Å². The Balaban J connectivity index is 0. The van der Waals surface area contributed by atoms with Gasteiger partial charge in [0, 0.05) is 14.4 Å². The molecule has 0 amide bonds. The number of aryl methyl sites for hydroxylation is 1. The summed E-state index contributed by atoms with van der Waals surface area (Å²) < 4.78 is 0. The minimum absolute atomic E-state index is 0. The predicted molar refractivity (Wildman–Crippen MR) is 144 cm³/mol. The number of hydrogen-bond acceptors (Lipinski definition) is 2. The first-order valence-electron chi connectivity index (χ1n) is 10.6. The molecule has 1 N–H and O–H groups in total. The molecule has 1 aliphatic rings. The molecule has 0 bridgehead atoms. The van der Waals surface area contributed by atoms with Gasteiger partial charge in [0.25, 0.3) is 0 Å². The van der Waals surface area contributed by atoms with E-state index < -0.39 is 0 Å². The van der Waals surface area contributed by atoms with Gasteiger partial charge in [-0.25, -0.2) is 10.0 Å². The highest BCUT2D eigenvalue weighted by molar-refractivity contribution is 8.32. The van der Waals surface area contributed by atoms with Crippen molar-refractivity contribution in [2.45, 2.75) is 40.0 Å². The standard InChI is InChI=1S/C14H16.C8H13NO.C5H14S.H2/c1-11-3-7-13(8-4-11)14-9-5-12(2)6-10-14;1-3-4-5-6-8(7-10)9-2;1-5-6(2,3)4;/h3-9,14H,10H2,1-2H3;3-6,10H,7H2,1-2H3;5H2,1-4H3;1H/b;4-3+,6-5-,9-8?;;. The molecule has 0 aromatic heterocycles. The van der Waals surface area contributed by atoms with Gasteiger partial charge >= 0.3 is 0 Å². The van der Waals surface area contributed by atoms with Crippen LogP contribution in [0.15, 0.2) is 77.4 Å². The van der Waals surface area contributed by atoms with Crippen molar-refractivity contribution < 1.29 is 6.53 Å². The van der Waals surface area contributed by atoms with Crippen molar-refractivity contribution >= 4 is 15.7 Å². The van der Waals surface area contributed by atoms with E-state index in [4.69, 9.17) is 5.11 Å². The number of rotatable bonds is 5. The maximum atomic E-state index is 8.62. The first-order chi connectivity index (χ1) is 14.2. The summed E-state index contributed by atoms with van der Waals surface area (Å²) in [6, 6.07) is 8.85. The monoisotopic (exact) mass is 431 g/mol. The van der Waals surface area contributed by atoms with Gasteiger partial charge in [0.1, 0.15) is 0 Å². The number of benzene rings is 1. The molecule has 2 rings (SSSR count). The quantitative estimate of drug-likeness (QED) is 0.391. The summed E-state index contributed by atoms with van der Waals surface area (Å²) in [5.41, 5.74) is 4.84. The molecule has 170 valence electrons. The maximum Gasteiger partial charge on any atom is 0.0848 e. The van der Waals surface area contributed by atoms with Crippen molar-refractivity contribution in [1.29, 1.82) is 0 Å². The average Bonchev–Trinajstić information content (AvgIpc) is 2.73. The summed E-state index contributed by atoms with van der Waals surface area (Å²) in [6.45, 7) is 8.47. The number of aliphatic imine (C=N–C) groups is 1. The Morgan fingerprint density at radius 2 is 1.77 bits per heavy atom. The largest absolute Gasteiger partial charge is 0.390 e. The topological polar surface area (TPSA) is 32.6 Å². The second kappa shape index (κ2) is 15.9. The molecule has 1 aromatic carbocycles. The average molecular weight is 432 g/mol. The summed E-state index contributed by atoms with van der Waals surface area (Å²) >= 11 is 0. The minimum Gasteiger partial charge on any atom is -0.390 e. The highest BCUT2D eigenvalue weighted by Crippen LogP contribution is 2.32. The fourth-order valence-corrected chi connectivity index (χ4v) is 2.26. The van der Waals surface area contributed by atoms with Crippen LogP contribution in [0.3, 0.4) is 0 Å². The van der Waals surface area contributed by atoms with E-state index in [2.05, 4.69) is 87.0 Å².